The lowest BCUT2D eigenvalue weighted by atomic mass is 10.2. The fourth-order valence-electron chi connectivity index (χ4n) is 2.97. The predicted octanol–water partition coefficient (Wildman–Crippen LogP) is 3.69. The number of hydrogen-bond donors (Lipinski definition) is 1. The molecular formula is C19H21Cl2FN2O2. The van der Waals surface area contributed by atoms with Gasteiger partial charge in [-0.3, -0.25) is 4.90 Å². The number of rotatable bonds is 6. The highest BCUT2D eigenvalue weighted by molar-refractivity contribution is 6.35. The molecule has 140 valence electrons. The molecule has 0 radical (unpaired) electrons. The van der Waals surface area contributed by atoms with Crippen molar-refractivity contribution >= 4 is 28.9 Å². The number of aliphatic hydroxyl groups excluding tert-OH is 1. The molecule has 2 aromatic rings. The summed E-state index contributed by atoms with van der Waals surface area (Å²) in [4.78, 5) is 4.41. The van der Waals surface area contributed by atoms with Crippen LogP contribution in [-0.2, 0) is 0 Å². The minimum Gasteiger partial charge on any atom is -0.489 e. The summed E-state index contributed by atoms with van der Waals surface area (Å²) in [5.41, 5.74) is 1.02. The van der Waals surface area contributed by atoms with Gasteiger partial charge >= 0.3 is 0 Å². The molecule has 1 heterocycles. The first-order chi connectivity index (χ1) is 12.5. The third kappa shape index (κ3) is 5.24. The highest BCUT2D eigenvalue weighted by Gasteiger charge is 2.20. The van der Waals surface area contributed by atoms with E-state index in [4.69, 9.17) is 27.9 Å². The van der Waals surface area contributed by atoms with Gasteiger partial charge in [-0.05, 0) is 42.5 Å². The van der Waals surface area contributed by atoms with Crippen LogP contribution in [0.1, 0.15) is 0 Å². The van der Waals surface area contributed by atoms with Crippen LogP contribution in [-0.4, -0.2) is 55.4 Å². The number of halogens is 3. The highest BCUT2D eigenvalue weighted by atomic mass is 35.5. The van der Waals surface area contributed by atoms with E-state index < -0.39 is 6.10 Å². The molecule has 1 atom stereocenters. The summed E-state index contributed by atoms with van der Waals surface area (Å²) >= 11 is 11.9. The van der Waals surface area contributed by atoms with Gasteiger partial charge in [-0.1, -0.05) is 23.2 Å². The maximum atomic E-state index is 13.0. The molecule has 0 saturated carbocycles. The van der Waals surface area contributed by atoms with Gasteiger partial charge in [0.05, 0.1) is 5.02 Å². The van der Waals surface area contributed by atoms with E-state index in [-0.39, 0.29) is 12.4 Å². The van der Waals surface area contributed by atoms with Crippen LogP contribution < -0.4 is 9.64 Å². The molecule has 7 heteroatoms. The lowest BCUT2D eigenvalue weighted by Crippen LogP contribution is -2.49. The lowest BCUT2D eigenvalue weighted by Gasteiger charge is -2.36. The number of ether oxygens (including phenoxy) is 1. The van der Waals surface area contributed by atoms with Gasteiger partial charge in [-0.25, -0.2) is 4.39 Å². The second-order valence-electron chi connectivity index (χ2n) is 6.30. The monoisotopic (exact) mass is 398 g/mol. The van der Waals surface area contributed by atoms with E-state index in [0.717, 1.165) is 31.9 Å². The number of piperazine rings is 1. The Bertz CT molecular complexity index is 722. The Morgan fingerprint density at radius 3 is 2.38 bits per heavy atom. The molecular weight excluding hydrogens is 378 g/mol. The lowest BCUT2D eigenvalue weighted by molar-refractivity contribution is 0.0663. The van der Waals surface area contributed by atoms with E-state index in [0.29, 0.717) is 22.3 Å². The Morgan fingerprint density at radius 1 is 1.04 bits per heavy atom. The molecule has 0 amide bonds. The van der Waals surface area contributed by atoms with E-state index in [1.54, 1.807) is 30.3 Å². The van der Waals surface area contributed by atoms with Crippen LogP contribution >= 0.6 is 23.2 Å². The van der Waals surface area contributed by atoms with Crippen molar-refractivity contribution < 1.29 is 14.2 Å². The number of β-amino-alcohol motifs (C(OH)–C–C–N with tert-alkyl or cyclic N) is 1. The number of aliphatic hydroxyl groups is 1. The Hall–Kier alpha value is -1.53. The first-order valence-corrected chi connectivity index (χ1v) is 9.25. The van der Waals surface area contributed by atoms with E-state index in [9.17, 15) is 9.50 Å². The first-order valence-electron chi connectivity index (χ1n) is 8.50. The minimum atomic E-state index is -0.612. The van der Waals surface area contributed by atoms with Crippen molar-refractivity contribution in [3.63, 3.8) is 0 Å². The van der Waals surface area contributed by atoms with Crippen molar-refractivity contribution in [2.75, 3.05) is 44.2 Å². The van der Waals surface area contributed by atoms with Gasteiger partial charge in [-0.15, -0.1) is 0 Å². The van der Waals surface area contributed by atoms with Crippen molar-refractivity contribution in [2.24, 2.45) is 0 Å². The predicted molar refractivity (Wildman–Crippen MR) is 103 cm³/mol. The molecule has 26 heavy (non-hydrogen) atoms. The molecule has 0 aliphatic carbocycles. The summed E-state index contributed by atoms with van der Waals surface area (Å²) in [6, 6.07) is 11.5. The third-order valence-corrected chi connectivity index (χ3v) is 4.89. The van der Waals surface area contributed by atoms with Gasteiger partial charge in [0, 0.05) is 43.4 Å². The van der Waals surface area contributed by atoms with Crippen molar-refractivity contribution in [1.29, 1.82) is 0 Å². The van der Waals surface area contributed by atoms with Crippen molar-refractivity contribution in [2.45, 2.75) is 6.10 Å². The van der Waals surface area contributed by atoms with Gasteiger partial charge in [0.25, 0.3) is 0 Å². The Labute approximate surface area is 162 Å². The fraction of sp³-hybridized carbons (Fsp3) is 0.368. The molecule has 3 rings (SSSR count). The standard InChI is InChI=1S/C19H21Cl2FN2O2/c20-14-1-6-19(18(21)11-14)26-13-17(25)12-23-7-9-24(10-8-23)16-4-2-15(22)3-5-16/h1-6,11,17,25H,7-10,12-13H2. The van der Waals surface area contributed by atoms with Gasteiger partial charge in [0.15, 0.2) is 0 Å². The van der Waals surface area contributed by atoms with E-state index >= 15 is 0 Å². The smallest absolute Gasteiger partial charge is 0.138 e. The molecule has 1 N–H and O–H groups in total. The molecule has 0 spiro atoms. The minimum absolute atomic E-state index is 0.166. The highest BCUT2D eigenvalue weighted by Crippen LogP contribution is 2.27. The van der Waals surface area contributed by atoms with Crippen molar-refractivity contribution in [3.8, 4) is 5.75 Å². The summed E-state index contributed by atoms with van der Waals surface area (Å²) in [5.74, 6) is 0.285. The summed E-state index contributed by atoms with van der Waals surface area (Å²) in [6.07, 6.45) is -0.612. The quantitative estimate of drug-likeness (QED) is 0.804. The summed E-state index contributed by atoms with van der Waals surface area (Å²) in [6.45, 7) is 4.03. The summed E-state index contributed by atoms with van der Waals surface area (Å²) in [5, 5.41) is 11.2. The number of nitrogens with zero attached hydrogens (tertiary/aromatic N) is 2. The molecule has 0 bridgehead atoms. The van der Waals surface area contributed by atoms with Gasteiger partial charge in [-0.2, -0.15) is 0 Å². The largest absolute Gasteiger partial charge is 0.489 e. The zero-order chi connectivity index (χ0) is 18.5. The molecule has 4 nitrogen and oxygen atoms in total. The molecule has 1 aliphatic heterocycles. The van der Waals surface area contributed by atoms with Gasteiger partial charge in [0.2, 0.25) is 0 Å². The fourth-order valence-corrected chi connectivity index (χ4v) is 3.43. The average molecular weight is 399 g/mol. The topological polar surface area (TPSA) is 35.9 Å². The zero-order valence-electron chi connectivity index (χ0n) is 14.2. The zero-order valence-corrected chi connectivity index (χ0v) is 15.8. The molecule has 0 aromatic heterocycles. The molecule has 1 fully saturated rings. The van der Waals surface area contributed by atoms with Crippen LogP contribution in [0.3, 0.4) is 0 Å². The van der Waals surface area contributed by atoms with Crippen LogP contribution in [0.5, 0.6) is 5.75 Å². The Kier molecular flexibility index (Phi) is 6.59. The first kappa shape index (κ1) is 19.2. The second-order valence-corrected chi connectivity index (χ2v) is 7.15. The van der Waals surface area contributed by atoms with Crippen LogP contribution in [0.2, 0.25) is 10.0 Å². The maximum absolute atomic E-state index is 13.0. The normalized spacial score (nSPS) is 16.5. The van der Waals surface area contributed by atoms with Gasteiger partial charge in [0.1, 0.15) is 24.3 Å². The van der Waals surface area contributed by atoms with E-state index in [1.165, 1.54) is 12.1 Å². The number of benzene rings is 2. The van der Waals surface area contributed by atoms with Crippen molar-refractivity contribution in [3.05, 3.63) is 58.3 Å². The summed E-state index contributed by atoms with van der Waals surface area (Å²) in [7, 11) is 0. The Balaban J connectivity index is 1.43. The molecule has 1 aliphatic rings. The molecule has 1 saturated heterocycles. The van der Waals surface area contributed by atoms with E-state index in [1.807, 2.05) is 0 Å². The van der Waals surface area contributed by atoms with E-state index in [2.05, 4.69) is 9.80 Å². The number of anilines is 1. The molecule has 1 unspecified atom stereocenters. The van der Waals surface area contributed by atoms with Crippen LogP contribution in [0.4, 0.5) is 10.1 Å². The summed E-state index contributed by atoms with van der Waals surface area (Å²) < 4.78 is 18.6. The Morgan fingerprint density at radius 2 is 1.73 bits per heavy atom. The number of hydrogen-bond acceptors (Lipinski definition) is 4. The third-order valence-electron chi connectivity index (χ3n) is 4.36. The molecule has 2 aromatic carbocycles. The van der Waals surface area contributed by atoms with Crippen molar-refractivity contribution in [1.82, 2.24) is 4.90 Å². The van der Waals surface area contributed by atoms with Crippen LogP contribution in [0.25, 0.3) is 0 Å². The van der Waals surface area contributed by atoms with Crippen LogP contribution in [0, 0.1) is 5.82 Å². The maximum Gasteiger partial charge on any atom is 0.138 e. The van der Waals surface area contributed by atoms with Gasteiger partial charge < -0.3 is 14.7 Å². The average Bonchev–Trinajstić information content (AvgIpc) is 2.62. The van der Waals surface area contributed by atoms with Crippen LogP contribution in [0.15, 0.2) is 42.5 Å². The SMILES string of the molecule is OC(COc1ccc(Cl)cc1Cl)CN1CCN(c2ccc(F)cc2)CC1. The second kappa shape index (κ2) is 8.91.